The number of hydrogen-bond acceptors (Lipinski definition) is 4. The van der Waals surface area contributed by atoms with Crippen LogP contribution in [0.4, 0.5) is 5.95 Å². The van der Waals surface area contributed by atoms with Crippen LogP contribution in [0.1, 0.15) is 12.5 Å². The Morgan fingerprint density at radius 1 is 1.59 bits per heavy atom. The van der Waals surface area contributed by atoms with Gasteiger partial charge < -0.3 is 11.1 Å². The van der Waals surface area contributed by atoms with Crippen molar-refractivity contribution in [3.05, 3.63) is 17.8 Å². The molecular weight excluding hydrogens is 218 g/mol. The van der Waals surface area contributed by atoms with Crippen LogP contribution < -0.4 is 11.1 Å². The number of nitrogen functional groups attached to an aromatic ring is 1. The van der Waals surface area contributed by atoms with Gasteiger partial charge >= 0.3 is 0 Å². The van der Waals surface area contributed by atoms with Gasteiger partial charge in [-0.25, -0.2) is 9.97 Å². The van der Waals surface area contributed by atoms with Crippen LogP contribution in [-0.2, 0) is 11.3 Å². The van der Waals surface area contributed by atoms with Crippen molar-refractivity contribution in [2.24, 2.45) is 0 Å². The molecule has 0 spiro atoms. The topological polar surface area (TPSA) is 85.8 Å². The molecule has 0 atom stereocenters. The summed E-state index contributed by atoms with van der Waals surface area (Å²) >= 11 is 0. The normalized spacial score (nSPS) is 10.7. The highest BCUT2D eigenvalue weighted by molar-refractivity contribution is 5.80. The van der Waals surface area contributed by atoms with Gasteiger partial charge in [-0.15, -0.1) is 0 Å². The number of anilines is 1. The quantitative estimate of drug-likeness (QED) is 0.806. The van der Waals surface area contributed by atoms with Gasteiger partial charge in [-0.3, -0.25) is 9.36 Å². The Bertz CT molecular complexity index is 560. The lowest BCUT2D eigenvalue weighted by Crippen LogP contribution is -2.27. The fraction of sp³-hybridized carbons (Fsp3) is 0.364. The van der Waals surface area contributed by atoms with E-state index in [1.165, 1.54) is 0 Å². The number of nitrogens with two attached hydrogens (primary N) is 1. The van der Waals surface area contributed by atoms with E-state index in [4.69, 9.17) is 5.73 Å². The summed E-state index contributed by atoms with van der Waals surface area (Å²) < 4.78 is 1.61. The van der Waals surface area contributed by atoms with Gasteiger partial charge in [0.25, 0.3) is 0 Å². The fourth-order valence-electron chi connectivity index (χ4n) is 1.68. The van der Waals surface area contributed by atoms with Crippen molar-refractivity contribution < 1.29 is 4.79 Å². The van der Waals surface area contributed by atoms with Crippen LogP contribution in [0.5, 0.6) is 0 Å². The Morgan fingerprint density at radius 3 is 3.06 bits per heavy atom. The number of carbonyl (C=O) groups is 1. The number of nitrogens with zero attached hydrogens (tertiary/aromatic N) is 3. The van der Waals surface area contributed by atoms with Crippen molar-refractivity contribution in [3.63, 3.8) is 0 Å². The van der Waals surface area contributed by atoms with Gasteiger partial charge in [0.2, 0.25) is 11.9 Å². The number of fused-ring (bicyclic) bond motifs is 1. The molecule has 6 heteroatoms. The summed E-state index contributed by atoms with van der Waals surface area (Å²) in [6.07, 6.45) is 1.73. The minimum absolute atomic E-state index is 0.0964. The Hall–Kier alpha value is -2.11. The van der Waals surface area contributed by atoms with Crippen LogP contribution in [0.2, 0.25) is 0 Å². The van der Waals surface area contributed by atoms with E-state index in [0.717, 1.165) is 5.56 Å². The number of likely N-dealkylation sites (N-methyl/N-ethyl adjacent to an activating group) is 1. The number of carbonyl (C=O) groups excluding carboxylic acids is 1. The molecule has 2 aromatic rings. The summed E-state index contributed by atoms with van der Waals surface area (Å²) in [5, 5.41) is 2.72. The van der Waals surface area contributed by atoms with E-state index in [1.54, 1.807) is 10.8 Å². The lowest BCUT2D eigenvalue weighted by Gasteiger charge is -2.05. The molecule has 0 aliphatic rings. The number of amides is 1. The smallest absolute Gasteiger partial charge is 0.240 e. The Labute approximate surface area is 98.8 Å². The predicted molar refractivity (Wildman–Crippen MR) is 65.4 cm³/mol. The van der Waals surface area contributed by atoms with E-state index in [9.17, 15) is 4.79 Å². The Morgan fingerprint density at radius 2 is 2.35 bits per heavy atom. The third kappa shape index (κ3) is 2.20. The number of aromatic nitrogens is 3. The molecule has 0 fully saturated rings. The van der Waals surface area contributed by atoms with Crippen molar-refractivity contribution in [3.8, 4) is 0 Å². The minimum Gasteiger partial charge on any atom is -0.369 e. The lowest BCUT2D eigenvalue weighted by molar-refractivity contribution is -0.121. The van der Waals surface area contributed by atoms with Gasteiger partial charge in [0, 0.05) is 12.7 Å². The molecule has 0 unspecified atom stereocenters. The number of rotatable bonds is 3. The summed E-state index contributed by atoms with van der Waals surface area (Å²) in [5.41, 5.74) is 8.15. The van der Waals surface area contributed by atoms with Crippen LogP contribution in [0, 0.1) is 6.92 Å². The highest BCUT2D eigenvalue weighted by Gasteiger charge is 2.12. The zero-order chi connectivity index (χ0) is 12.4. The Balaban J connectivity index is 2.39. The third-order valence-corrected chi connectivity index (χ3v) is 2.43. The van der Waals surface area contributed by atoms with Crippen molar-refractivity contribution in [1.29, 1.82) is 0 Å². The molecule has 90 valence electrons. The Kier molecular flexibility index (Phi) is 2.95. The molecule has 2 aromatic heterocycles. The van der Waals surface area contributed by atoms with E-state index < -0.39 is 0 Å². The number of nitrogens with one attached hydrogen (secondary N) is 1. The molecule has 17 heavy (non-hydrogen) atoms. The van der Waals surface area contributed by atoms with Crippen molar-refractivity contribution in [2.45, 2.75) is 20.4 Å². The predicted octanol–water partition coefficient (Wildman–Crippen LogP) is 0.458. The van der Waals surface area contributed by atoms with E-state index in [1.807, 2.05) is 19.9 Å². The monoisotopic (exact) mass is 233 g/mol. The zero-order valence-electron chi connectivity index (χ0n) is 9.90. The van der Waals surface area contributed by atoms with E-state index in [0.29, 0.717) is 23.7 Å². The summed E-state index contributed by atoms with van der Waals surface area (Å²) in [6, 6.07) is 1.90. The highest BCUT2D eigenvalue weighted by Crippen LogP contribution is 2.16. The van der Waals surface area contributed by atoms with Crippen LogP contribution >= 0.6 is 0 Å². The zero-order valence-corrected chi connectivity index (χ0v) is 9.90. The summed E-state index contributed by atoms with van der Waals surface area (Å²) in [4.78, 5) is 20.0. The molecule has 0 bridgehead atoms. The maximum Gasteiger partial charge on any atom is 0.240 e. The molecule has 0 aliphatic heterocycles. The second-order valence-corrected chi connectivity index (χ2v) is 3.87. The van der Waals surface area contributed by atoms with E-state index in [-0.39, 0.29) is 12.5 Å². The molecule has 2 heterocycles. The highest BCUT2D eigenvalue weighted by atomic mass is 16.1. The van der Waals surface area contributed by atoms with Gasteiger partial charge in [-0.2, -0.15) is 0 Å². The van der Waals surface area contributed by atoms with Gasteiger partial charge in [-0.1, -0.05) is 0 Å². The van der Waals surface area contributed by atoms with E-state index in [2.05, 4.69) is 15.3 Å². The summed E-state index contributed by atoms with van der Waals surface area (Å²) in [6.45, 7) is 4.55. The molecule has 0 saturated heterocycles. The van der Waals surface area contributed by atoms with Crippen LogP contribution in [0.3, 0.4) is 0 Å². The minimum atomic E-state index is -0.0964. The third-order valence-electron chi connectivity index (χ3n) is 2.43. The molecular formula is C11H15N5O. The molecule has 0 saturated carbocycles. The first kappa shape index (κ1) is 11.4. The van der Waals surface area contributed by atoms with Crippen LogP contribution in [0.15, 0.2) is 12.3 Å². The van der Waals surface area contributed by atoms with Crippen molar-refractivity contribution in [1.82, 2.24) is 19.9 Å². The van der Waals surface area contributed by atoms with Gasteiger partial charge in [0.1, 0.15) is 12.1 Å². The lowest BCUT2D eigenvalue weighted by atomic mass is 10.3. The van der Waals surface area contributed by atoms with Gasteiger partial charge in [0.15, 0.2) is 5.65 Å². The first-order valence-electron chi connectivity index (χ1n) is 5.47. The van der Waals surface area contributed by atoms with E-state index >= 15 is 0 Å². The molecule has 6 nitrogen and oxygen atoms in total. The average molecular weight is 233 g/mol. The molecule has 2 rings (SSSR count). The number of pyridine rings is 1. The standard InChI is InChI=1S/C11H15N5O/c1-3-13-9(17)6-16-10-8(15-11(16)12)4-7(2)5-14-10/h4-5H,3,6H2,1-2H3,(H2,12,15)(H,13,17). The van der Waals surface area contributed by atoms with Crippen LogP contribution in [0.25, 0.3) is 11.2 Å². The SMILES string of the molecule is CCNC(=O)Cn1c(N)nc2cc(C)cnc21. The average Bonchev–Trinajstić information content (AvgIpc) is 2.55. The maximum absolute atomic E-state index is 11.5. The molecule has 3 N–H and O–H groups in total. The number of aryl methyl sites for hydroxylation is 1. The second-order valence-electron chi connectivity index (χ2n) is 3.87. The van der Waals surface area contributed by atoms with Crippen LogP contribution in [-0.4, -0.2) is 27.0 Å². The molecule has 0 radical (unpaired) electrons. The van der Waals surface area contributed by atoms with Gasteiger partial charge in [-0.05, 0) is 25.5 Å². The fourth-order valence-corrected chi connectivity index (χ4v) is 1.68. The second kappa shape index (κ2) is 4.40. The number of hydrogen-bond donors (Lipinski definition) is 2. The maximum atomic E-state index is 11.5. The first-order valence-corrected chi connectivity index (χ1v) is 5.47. The van der Waals surface area contributed by atoms with Crippen molar-refractivity contribution in [2.75, 3.05) is 12.3 Å². The molecule has 0 aromatic carbocycles. The molecule has 0 aliphatic carbocycles. The largest absolute Gasteiger partial charge is 0.369 e. The first-order chi connectivity index (χ1) is 8.11. The van der Waals surface area contributed by atoms with Gasteiger partial charge in [0.05, 0.1) is 0 Å². The summed E-state index contributed by atoms with van der Waals surface area (Å²) in [5.74, 6) is 0.213. The summed E-state index contributed by atoms with van der Waals surface area (Å²) in [7, 11) is 0. The molecule has 1 amide bonds. The number of imidazole rings is 1. The van der Waals surface area contributed by atoms with Crippen molar-refractivity contribution >= 4 is 23.0 Å².